The summed E-state index contributed by atoms with van der Waals surface area (Å²) in [6, 6.07) is 11.7. The largest absolute Gasteiger partial charge is 0.502 e. The molecule has 2 rings (SSSR count). The molecular formula is C15H16N2O6. The summed E-state index contributed by atoms with van der Waals surface area (Å²) in [5, 5.41) is 38.4. The van der Waals surface area contributed by atoms with Crippen molar-refractivity contribution in [1.82, 2.24) is 0 Å². The molecular weight excluding hydrogens is 304 g/mol. The monoisotopic (exact) mass is 320 g/mol. The molecule has 0 bridgehead atoms. The Labute approximate surface area is 131 Å². The molecule has 0 fully saturated rings. The number of phenolic OH excluding ortho intramolecular Hbond substituents is 1. The maximum atomic E-state index is 10.4. The van der Waals surface area contributed by atoms with Gasteiger partial charge >= 0.3 is 5.69 Å². The minimum Gasteiger partial charge on any atom is -0.502 e. The first kappa shape index (κ1) is 18.1. The molecule has 0 aliphatic rings. The van der Waals surface area contributed by atoms with Gasteiger partial charge in [-0.05, 0) is 18.9 Å². The van der Waals surface area contributed by atoms with Gasteiger partial charge in [0.05, 0.1) is 15.9 Å². The maximum Gasteiger partial charge on any atom is 0.317 e. The van der Waals surface area contributed by atoms with Gasteiger partial charge in [-0.1, -0.05) is 30.3 Å². The number of nitrogens with zero attached hydrogens (tertiary/aromatic N) is 2. The van der Waals surface area contributed by atoms with Gasteiger partial charge in [0.2, 0.25) is 0 Å². The van der Waals surface area contributed by atoms with Crippen molar-refractivity contribution in [3.63, 3.8) is 0 Å². The Hall–Kier alpha value is -3.00. The Balaban J connectivity index is 0.000000253. The fraction of sp³-hybridized carbons (Fsp3) is 0.200. The summed E-state index contributed by atoms with van der Waals surface area (Å²) in [4.78, 5) is 19.1. The van der Waals surface area contributed by atoms with Gasteiger partial charge in [0, 0.05) is 18.2 Å². The second-order valence-corrected chi connectivity index (χ2v) is 4.60. The van der Waals surface area contributed by atoms with Crippen LogP contribution in [0, 0.1) is 27.2 Å². The van der Waals surface area contributed by atoms with Crippen LogP contribution in [0.1, 0.15) is 11.1 Å². The van der Waals surface area contributed by atoms with E-state index >= 15 is 0 Å². The quantitative estimate of drug-likeness (QED) is 0.658. The van der Waals surface area contributed by atoms with Crippen molar-refractivity contribution < 1.29 is 20.1 Å². The number of non-ortho nitro benzene ring substituents is 1. The van der Waals surface area contributed by atoms with Crippen molar-refractivity contribution in [2.45, 2.75) is 13.3 Å². The fourth-order valence-corrected chi connectivity index (χ4v) is 1.76. The van der Waals surface area contributed by atoms with Crippen LogP contribution < -0.4 is 0 Å². The van der Waals surface area contributed by atoms with Crippen LogP contribution in [0.4, 0.5) is 11.4 Å². The highest BCUT2D eigenvalue weighted by Crippen LogP contribution is 2.33. The molecule has 2 aromatic carbocycles. The van der Waals surface area contributed by atoms with Crippen LogP contribution in [-0.2, 0) is 6.42 Å². The first-order valence-electron chi connectivity index (χ1n) is 6.64. The number of hydrogen-bond acceptors (Lipinski definition) is 6. The number of phenols is 1. The first-order valence-corrected chi connectivity index (χ1v) is 6.64. The summed E-state index contributed by atoms with van der Waals surface area (Å²) in [6.45, 7) is 1.60. The van der Waals surface area contributed by atoms with E-state index in [1.54, 1.807) is 0 Å². The van der Waals surface area contributed by atoms with E-state index in [0.29, 0.717) is 0 Å². The summed E-state index contributed by atoms with van der Waals surface area (Å²) >= 11 is 0. The van der Waals surface area contributed by atoms with E-state index < -0.39 is 27.0 Å². The molecule has 0 aliphatic carbocycles. The lowest BCUT2D eigenvalue weighted by Gasteiger charge is -1.99. The number of benzene rings is 2. The Morgan fingerprint density at radius 2 is 1.65 bits per heavy atom. The summed E-state index contributed by atoms with van der Waals surface area (Å²) in [7, 11) is 0. The third-order valence-electron chi connectivity index (χ3n) is 2.92. The fourth-order valence-electron chi connectivity index (χ4n) is 1.76. The molecule has 0 saturated carbocycles. The normalized spacial score (nSPS) is 9.65. The lowest BCUT2D eigenvalue weighted by atomic mass is 10.1. The molecule has 23 heavy (non-hydrogen) atoms. The lowest BCUT2D eigenvalue weighted by molar-refractivity contribution is -0.394. The Morgan fingerprint density at radius 3 is 2.13 bits per heavy atom. The van der Waals surface area contributed by atoms with Gasteiger partial charge in [0.1, 0.15) is 0 Å². The number of nitro groups is 2. The summed E-state index contributed by atoms with van der Waals surface area (Å²) in [6.07, 6.45) is 0.765. The zero-order valence-corrected chi connectivity index (χ0v) is 12.4. The number of aliphatic hydroxyl groups is 1. The van der Waals surface area contributed by atoms with Gasteiger partial charge in [0.15, 0.2) is 5.75 Å². The molecule has 122 valence electrons. The Bertz CT molecular complexity index is 688. The molecule has 0 heterocycles. The van der Waals surface area contributed by atoms with E-state index in [1.165, 1.54) is 12.5 Å². The molecule has 2 aromatic rings. The highest BCUT2D eigenvalue weighted by molar-refractivity contribution is 5.57. The van der Waals surface area contributed by atoms with Crippen LogP contribution in [0.15, 0.2) is 42.5 Å². The van der Waals surface area contributed by atoms with Crippen LogP contribution in [0.25, 0.3) is 0 Å². The molecule has 2 N–H and O–H groups in total. The van der Waals surface area contributed by atoms with Crippen molar-refractivity contribution in [1.29, 1.82) is 0 Å². The predicted molar refractivity (Wildman–Crippen MR) is 83.4 cm³/mol. The van der Waals surface area contributed by atoms with Crippen molar-refractivity contribution in [3.8, 4) is 5.75 Å². The molecule has 0 aliphatic heterocycles. The third-order valence-corrected chi connectivity index (χ3v) is 2.92. The molecule has 0 unspecified atom stereocenters. The van der Waals surface area contributed by atoms with Crippen molar-refractivity contribution in [2.24, 2.45) is 0 Å². The number of aromatic hydroxyl groups is 1. The first-order chi connectivity index (χ1) is 10.9. The van der Waals surface area contributed by atoms with E-state index in [-0.39, 0.29) is 12.2 Å². The van der Waals surface area contributed by atoms with E-state index in [2.05, 4.69) is 0 Å². The van der Waals surface area contributed by atoms with Crippen LogP contribution in [0.5, 0.6) is 5.75 Å². The van der Waals surface area contributed by atoms with Crippen LogP contribution in [0.2, 0.25) is 0 Å². The highest BCUT2D eigenvalue weighted by atomic mass is 16.6. The number of nitro benzene ring substituents is 2. The lowest BCUT2D eigenvalue weighted by Crippen LogP contribution is -1.94. The van der Waals surface area contributed by atoms with Gasteiger partial charge in [-0.2, -0.15) is 0 Å². The molecule has 0 amide bonds. The Morgan fingerprint density at radius 1 is 1.04 bits per heavy atom. The second-order valence-electron chi connectivity index (χ2n) is 4.60. The van der Waals surface area contributed by atoms with Crippen LogP contribution >= 0.6 is 0 Å². The predicted octanol–water partition coefficient (Wildman–Crippen LogP) is 2.74. The highest BCUT2D eigenvalue weighted by Gasteiger charge is 2.21. The molecule has 8 nitrogen and oxygen atoms in total. The molecule has 8 heteroatoms. The number of hydrogen-bond donors (Lipinski definition) is 2. The zero-order valence-electron chi connectivity index (χ0n) is 12.4. The summed E-state index contributed by atoms with van der Waals surface area (Å²) in [5.74, 6) is -0.541. The third kappa shape index (κ3) is 5.36. The average Bonchev–Trinajstić information content (AvgIpc) is 2.51. The molecule has 0 saturated heterocycles. The van der Waals surface area contributed by atoms with E-state index in [0.717, 1.165) is 18.6 Å². The van der Waals surface area contributed by atoms with Gasteiger partial charge in [-0.3, -0.25) is 20.2 Å². The SMILES string of the molecule is Cc1cc([N+](=O)[O-])cc([N+](=O)[O-])c1O.OCCc1ccccc1. The van der Waals surface area contributed by atoms with Crippen molar-refractivity contribution in [2.75, 3.05) is 6.61 Å². The van der Waals surface area contributed by atoms with E-state index in [9.17, 15) is 25.3 Å². The summed E-state index contributed by atoms with van der Waals surface area (Å²) < 4.78 is 0. The minimum absolute atomic E-state index is 0.103. The maximum absolute atomic E-state index is 10.4. The molecule has 0 spiro atoms. The average molecular weight is 320 g/mol. The standard InChI is InChI=1S/C8H10O.C7H6N2O5/c9-7-6-8-4-2-1-3-5-8;1-4-2-5(8(11)12)3-6(7(4)10)9(13)14/h1-5,9H,6-7H2;2-3,10H,1H3. The topological polar surface area (TPSA) is 127 Å². The van der Waals surface area contributed by atoms with Crippen molar-refractivity contribution >= 4 is 11.4 Å². The van der Waals surface area contributed by atoms with E-state index in [1.807, 2.05) is 30.3 Å². The number of aryl methyl sites for hydroxylation is 1. The van der Waals surface area contributed by atoms with Crippen LogP contribution in [0.3, 0.4) is 0 Å². The van der Waals surface area contributed by atoms with E-state index in [4.69, 9.17) is 5.11 Å². The summed E-state index contributed by atoms with van der Waals surface area (Å²) in [5.41, 5.74) is 0.231. The van der Waals surface area contributed by atoms with Crippen LogP contribution in [-0.4, -0.2) is 26.7 Å². The zero-order chi connectivity index (χ0) is 17.4. The number of aliphatic hydroxyl groups excluding tert-OH is 1. The van der Waals surface area contributed by atoms with Gasteiger partial charge in [-0.25, -0.2) is 0 Å². The van der Waals surface area contributed by atoms with Gasteiger partial charge in [-0.15, -0.1) is 0 Å². The molecule has 0 atom stereocenters. The Kier molecular flexibility index (Phi) is 6.63. The van der Waals surface area contributed by atoms with Crippen molar-refractivity contribution in [3.05, 3.63) is 73.8 Å². The van der Waals surface area contributed by atoms with Gasteiger partial charge < -0.3 is 10.2 Å². The smallest absolute Gasteiger partial charge is 0.317 e. The number of rotatable bonds is 4. The molecule has 0 aromatic heterocycles. The molecule has 0 radical (unpaired) electrons. The van der Waals surface area contributed by atoms with Gasteiger partial charge in [0.25, 0.3) is 5.69 Å². The second kappa shape index (κ2) is 8.44. The minimum atomic E-state index is -0.866.